The number of aliphatic hydroxyl groups excluding tert-OH is 2. The molecule has 1 fully saturated rings. The van der Waals surface area contributed by atoms with Gasteiger partial charge < -0.3 is 20.1 Å². The highest BCUT2D eigenvalue weighted by molar-refractivity contribution is 5.80. The fourth-order valence-corrected chi connectivity index (χ4v) is 3.18. The van der Waals surface area contributed by atoms with Crippen LogP contribution in [0.25, 0.3) is 0 Å². The Labute approximate surface area is 125 Å². The monoisotopic (exact) mass is 299 g/mol. The van der Waals surface area contributed by atoms with Crippen molar-refractivity contribution in [2.45, 2.75) is 51.0 Å². The number of hydrogen-bond donors (Lipinski definition) is 3. The predicted molar refractivity (Wildman–Crippen MR) is 76.5 cm³/mol. The molecule has 2 heterocycles. The normalized spacial score (nSPS) is 30.0. The van der Waals surface area contributed by atoms with Crippen molar-refractivity contribution in [1.29, 1.82) is 0 Å². The maximum Gasteiger partial charge on any atom is 0.341 e. The number of hydrogen-bond acceptors (Lipinski definition) is 6. The van der Waals surface area contributed by atoms with Gasteiger partial charge in [-0.1, -0.05) is 19.9 Å². The average molecular weight is 299 g/mol. The highest BCUT2D eigenvalue weighted by Crippen LogP contribution is 2.30. The van der Waals surface area contributed by atoms with Crippen LogP contribution >= 0.6 is 0 Å². The fourth-order valence-electron chi connectivity index (χ4n) is 3.18. The van der Waals surface area contributed by atoms with Gasteiger partial charge in [0.1, 0.15) is 6.61 Å². The largest absolute Gasteiger partial charge is 0.459 e. The van der Waals surface area contributed by atoms with E-state index in [1.807, 2.05) is 6.08 Å². The summed E-state index contributed by atoms with van der Waals surface area (Å²) in [5, 5.41) is 30.0. The molecule has 21 heavy (non-hydrogen) atoms. The molecule has 4 atom stereocenters. The number of carbonyl (C=O) groups excluding carboxylic acids is 1. The summed E-state index contributed by atoms with van der Waals surface area (Å²) in [5.74, 6) is -1.28. The van der Waals surface area contributed by atoms with Crippen molar-refractivity contribution < 1.29 is 24.9 Å². The number of esters is 1. The second-order valence-corrected chi connectivity index (χ2v) is 6.31. The molecule has 0 radical (unpaired) electrons. The van der Waals surface area contributed by atoms with Gasteiger partial charge in [-0.2, -0.15) is 0 Å². The Kier molecular flexibility index (Phi) is 4.72. The number of carbonyl (C=O) groups is 1. The van der Waals surface area contributed by atoms with Gasteiger partial charge in [0.25, 0.3) is 0 Å². The summed E-state index contributed by atoms with van der Waals surface area (Å²) in [7, 11) is 0. The summed E-state index contributed by atoms with van der Waals surface area (Å²) in [6.07, 6.45) is 1.03. The second-order valence-electron chi connectivity index (χ2n) is 6.31. The van der Waals surface area contributed by atoms with Crippen LogP contribution in [0.5, 0.6) is 0 Å². The van der Waals surface area contributed by atoms with Crippen molar-refractivity contribution in [2.24, 2.45) is 5.92 Å². The second kappa shape index (κ2) is 6.04. The molecule has 0 spiro atoms. The van der Waals surface area contributed by atoms with Crippen molar-refractivity contribution in [3.63, 3.8) is 0 Å². The van der Waals surface area contributed by atoms with Crippen molar-refractivity contribution in [1.82, 2.24) is 4.90 Å². The van der Waals surface area contributed by atoms with Gasteiger partial charge in [0.05, 0.1) is 18.2 Å². The lowest BCUT2D eigenvalue weighted by atomic mass is 9.85. The van der Waals surface area contributed by atoms with Crippen LogP contribution in [0.3, 0.4) is 0 Å². The molecule has 2 aliphatic heterocycles. The fraction of sp³-hybridized carbons (Fsp3) is 0.800. The van der Waals surface area contributed by atoms with Crippen LogP contribution < -0.4 is 0 Å². The number of nitrogens with zero attached hydrogens (tertiary/aromatic N) is 1. The lowest BCUT2D eigenvalue weighted by molar-refractivity contribution is -0.183. The maximum absolute atomic E-state index is 12.1. The molecule has 0 bridgehead atoms. The van der Waals surface area contributed by atoms with Gasteiger partial charge in [0.15, 0.2) is 5.60 Å². The number of fused-ring (bicyclic) bond motifs is 1. The van der Waals surface area contributed by atoms with Gasteiger partial charge in [-0.05, 0) is 24.8 Å². The third-order valence-electron chi connectivity index (χ3n) is 4.65. The molecule has 120 valence electrons. The van der Waals surface area contributed by atoms with Crippen molar-refractivity contribution in [3.05, 3.63) is 11.6 Å². The summed E-state index contributed by atoms with van der Waals surface area (Å²) in [4.78, 5) is 14.3. The first-order chi connectivity index (χ1) is 9.78. The van der Waals surface area contributed by atoms with Gasteiger partial charge in [0.2, 0.25) is 0 Å². The topological polar surface area (TPSA) is 90.2 Å². The molecule has 1 saturated heterocycles. The van der Waals surface area contributed by atoms with E-state index >= 15 is 0 Å². The molecule has 6 heteroatoms. The lowest BCUT2D eigenvalue weighted by Gasteiger charge is -2.32. The van der Waals surface area contributed by atoms with E-state index in [-0.39, 0.29) is 12.6 Å². The minimum atomic E-state index is -1.91. The number of ether oxygens (including phenoxy) is 1. The minimum Gasteiger partial charge on any atom is -0.459 e. The molecule has 0 unspecified atom stereocenters. The van der Waals surface area contributed by atoms with E-state index in [0.717, 1.165) is 25.1 Å². The molecule has 6 nitrogen and oxygen atoms in total. The molecular weight excluding hydrogens is 274 g/mol. The zero-order valence-electron chi connectivity index (χ0n) is 12.8. The van der Waals surface area contributed by atoms with Crippen LogP contribution in [0.2, 0.25) is 0 Å². The third kappa shape index (κ3) is 2.85. The molecule has 0 aliphatic carbocycles. The van der Waals surface area contributed by atoms with Crippen LogP contribution in [0.1, 0.15) is 27.2 Å². The van der Waals surface area contributed by atoms with Gasteiger partial charge in [0, 0.05) is 13.1 Å². The predicted octanol–water partition coefficient (Wildman–Crippen LogP) is -0.327. The molecule has 0 saturated carbocycles. The molecule has 0 aromatic heterocycles. The first-order valence-corrected chi connectivity index (χ1v) is 7.47. The summed E-state index contributed by atoms with van der Waals surface area (Å²) in [6, 6.07) is -0.0866. The summed E-state index contributed by atoms with van der Waals surface area (Å²) < 4.78 is 5.22. The SMILES string of the molecule is CC(C)[C@@](O)(C(=O)OCC1=CCN2CC[C@H](O)[C@@H]12)[C@H](C)O. The Bertz CT molecular complexity index is 424. The molecular formula is C15H25NO5. The number of rotatable bonds is 5. The molecule has 2 rings (SSSR count). The Balaban J connectivity index is 1.98. The van der Waals surface area contributed by atoms with E-state index in [2.05, 4.69) is 4.90 Å². The minimum absolute atomic E-state index is 0.0405. The molecule has 0 aromatic rings. The van der Waals surface area contributed by atoms with E-state index in [4.69, 9.17) is 4.74 Å². The third-order valence-corrected chi connectivity index (χ3v) is 4.65. The smallest absolute Gasteiger partial charge is 0.341 e. The van der Waals surface area contributed by atoms with Gasteiger partial charge in [-0.25, -0.2) is 4.79 Å². The molecule has 2 aliphatic rings. The summed E-state index contributed by atoms with van der Waals surface area (Å²) >= 11 is 0. The van der Waals surface area contributed by atoms with E-state index in [1.54, 1.807) is 13.8 Å². The quantitative estimate of drug-likeness (QED) is 0.476. The van der Waals surface area contributed by atoms with Crippen LogP contribution in [-0.4, -0.2) is 69.7 Å². The van der Waals surface area contributed by atoms with Crippen LogP contribution in [0.4, 0.5) is 0 Å². The summed E-state index contributed by atoms with van der Waals surface area (Å²) in [5.41, 5.74) is -1.04. The highest BCUT2D eigenvalue weighted by atomic mass is 16.6. The zero-order chi connectivity index (χ0) is 15.8. The Hall–Kier alpha value is -0.950. The van der Waals surface area contributed by atoms with Crippen molar-refractivity contribution in [3.8, 4) is 0 Å². The van der Waals surface area contributed by atoms with E-state index in [0.29, 0.717) is 0 Å². The van der Waals surface area contributed by atoms with Gasteiger partial charge >= 0.3 is 5.97 Å². The van der Waals surface area contributed by atoms with E-state index in [1.165, 1.54) is 6.92 Å². The van der Waals surface area contributed by atoms with Crippen LogP contribution in [0.15, 0.2) is 11.6 Å². The van der Waals surface area contributed by atoms with Crippen molar-refractivity contribution in [2.75, 3.05) is 19.7 Å². The first-order valence-electron chi connectivity index (χ1n) is 7.47. The zero-order valence-corrected chi connectivity index (χ0v) is 12.8. The first kappa shape index (κ1) is 16.4. The maximum atomic E-state index is 12.1. The van der Waals surface area contributed by atoms with Crippen LogP contribution in [-0.2, 0) is 9.53 Å². The van der Waals surface area contributed by atoms with Gasteiger partial charge in [-0.15, -0.1) is 0 Å². The van der Waals surface area contributed by atoms with E-state index < -0.39 is 29.7 Å². The standard InChI is InChI=1S/C15H25NO5/c1-9(2)15(20,10(3)17)14(19)21-8-11-4-6-16-7-5-12(18)13(11)16/h4,9-10,12-13,17-18,20H,5-8H2,1-3H3/t10-,12-,13+,15-/m0/s1. The lowest BCUT2D eigenvalue weighted by Crippen LogP contribution is -2.53. The summed E-state index contributed by atoms with van der Waals surface area (Å²) in [6.45, 7) is 6.32. The highest BCUT2D eigenvalue weighted by Gasteiger charge is 2.46. The molecule has 0 aromatic carbocycles. The Morgan fingerprint density at radius 2 is 2.19 bits per heavy atom. The Morgan fingerprint density at radius 3 is 2.76 bits per heavy atom. The molecule has 0 amide bonds. The average Bonchev–Trinajstić information content (AvgIpc) is 2.98. The van der Waals surface area contributed by atoms with Crippen molar-refractivity contribution >= 4 is 5.97 Å². The van der Waals surface area contributed by atoms with E-state index in [9.17, 15) is 20.1 Å². The van der Waals surface area contributed by atoms with Gasteiger partial charge in [-0.3, -0.25) is 4.90 Å². The molecule has 3 N–H and O–H groups in total. The Morgan fingerprint density at radius 1 is 1.52 bits per heavy atom. The number of aliphatic hydroxyl groups is 3. The van der Waals surface area contributed by atoms with Crippen LogP contribution in [0, 0.1) is 5.92 Å².